The second-order valence-corrected chi connectivity index (χ2v) is 7.37. The molecule has 1 heterocycles. The number of hydrogen-bond acceptors (Lipinski definition) is 4. The van der Waals surface area contributed by atoms with Gasteiger partial charge >= 0.3 is 0 Å². The van der Waals surface area contributed by atoms with Crippen LogP contribution in [0.3, 0.4) is 0 Å². The lowest BCUT2D eigenvalue weighted by molar-refractivity contribution is -0.127. The van der Waals surface area contributed by atoms with Gasteiger partial charge in [0.1, 0.15) is 11.5 Å². The van der Waals surface area contributed by atoms with Gasteiger partial charge in [-0.15, -0.1) is 0 Å². The fraction of sp³-hybridized carbons (Fsp3) is 0.409. The third-order valence-corrected chi connectivity index (χ3v) is 5.37. The summed E-state index contributed by atoms with van der Waals surface area (Å²) in [4.78, 5) is 15.0. The summed E-state index contributed by atoms with van der Waals surface area (Å²) in [5, 5.41) is 3.54. The van der Waals surface area contributed by atoms with Crippen LogP contribution in [0.2, 0.25) is 5.02 Å². The van der Waals surface area contributed by atoms with E-state index in [1.165, 1.54) is 18.4 Å². The Morgan fingerprint density at radius 3 is 2.46 bits per heavy atom. The van der Waals surface area contributed by atoms with Crippen LogP contribution in [-0.4, -0.2) is 43.7 Å². The predicted molar refractivity (Wildman–Crippen MR) is 111 cm³/mol. The molecule has 1 aliphatic rings. The Kier molecular flexibility index (Phi) is 7.18. The topological polar surface area (TPSA) is 50.8 Å². The van der Waals surface area contributed by atoms with Crippen LogP contribution in [-0.2, 0) is 4.79 Å². The van der Waals surface area contributed by atoms with E-state index >= 15 is 0 Å². The van der Waals surface area contributed by atoms with Gasteiger partial charge in [-0.05, 0) is 62.7 Å². The third kappa shape index (κ3) is 5.18. The molecule has 0 unspecified atom stereocenters. The summed E-state index contributed by atoms with van der Waals surface area (Å²) >= 11 is 6.12. The Morgan fingerprint density at radius 1 is 1.14 bits per heavy atom. The van der Waals surface area contributed by atoms with Gasteiger partial charge in [0.05, 0.1) is 18.2 Å². The van der Waals surface area contributed by atoms with Crippen molar-refractivity contribution in [2.24, 2.45) is 0 Å². The number of benzene rings is 2. The first kappa shape index (κ1) is 20.5. The number of rotatable bonds is 8. The van der Waals surface area contributed by atoms with E-state index in [9.17, 15) is 4.79 Å². The first-order chi connectivity index (χ1) is 13.6. The van der Waals surface area contributed by atoms with Gasteiger partial charge in [-0.25, -0.2) is 0 Å². The average molecular weight is 403 g/mol. The standard InChI is InChI=1S/C22H27ClN2O3/c1-16(28-21-8-4-3-7-19(21)23)22(26)24-15-20(25-13-5-6-14-25)17-9-11-18(27-2)12-10-17/h3-4,7-12,16,20H,5-6,13-15H2,1-2H3,(H,24,26)/t16-,20+/m0/s1. The number of para-hydroxylation sites is 1. The summed E-state index contributed by atoms with van der Waals surface area (Å²) in [6, 6.07) is 15.4. The largest absolute Gasteiger partial charge is 0.497 e. The van der Waals surface area contributed by atoms with Crippen molar-refractivity contribution in [3.8, 4) is 11.5 Å². The molecular weight excluding hydrogens is 376 g/mol. The second-order valence-electron chi connectivity index (χ2n) is 6.97. The van der Waals surface area contributed by atoms with Gasteiger partial charge in [-0.2, -0.15) is 0 Å². The van der Waals surface area contributed by atoms with Gasteiger partial charge in [0.15, 0.2) is 6.10 Å². The van der Waals surface area contributed by atoms with E-state index in [-0.39, 0.29) is 11.9 Å². The van der Waals surface area contributed by atoms with Crippen LogP contribution in [0.1, 0.15) is 31.4 Å². The quantitative estimate of drug-likeness (QED) is 0.723. The lowest BCUT2D eigenvalue weighted by Crippen LogP contribution is -2.42. The van der Waals surface area contributed by atoms with Crippen LogP contribution in [0.15, 0.2) is 48.5 Å². The second kappa shape index (κ2) is 9.80. The van der Waals surface area contributed by atoms with E-state index in [0.717, 1.165) is 18.8 Å². The van der Waals surface area contributed by atoms with E-state index in [4.69, 9.17) is 21.1 Å². The van der Waals surface area contributed by atoms with Gasteiger partial charge in [-0.3, -0.25) is 9.69 Å². The summed E-state index contributed by atoms with van der Waals surface area (Å²) in [7, 11) is 1.66. The lowest BCUT2D eigenvalue weighted by atomic mass is 10.1. The Balaban J connectivity index is 1.63. The molecule has 1 fully saturated rings. The van der Waals surface area contributed by atoms with Crippen LogP contribution in [0.25, 0.3) is 0 Å². The highest BCUT2D eigenvalue weighted by molar-refractivity contribution is 6.32. The first-order valence-corrected chi connectivity index (χ1v) is 10.0. The maximum atomic E-state index is 12.6. The van der Waals surface area contributed by atoms with E-state index < -0.39 is 6.10 Å². The number of halogens is 1. The number of amides is 1. The minimum absolute atomic E-state index is 0.130. The van der Waals surface area contributed by atoms with Crippen molar-refractivity contribution < 1.29 is 14.3 Å². The molecule has 2 aromatic carbocycles. The van der Waals surface area contributed by atoms with Crippen LogP contribution in [0.4, 0.5) is 0 Å². The van der Waals surface area contributed by atoms with Crippen molar-refractivity contribution in [3.05, 3.63) is 59.1 Å². The molecule has 0 radical (unpaired) electrons. The molecular formula is C22H27ClN2O3. The monoisotopic (exact) mass is 402 g/mol. The zero-order valence-electron chi connectivity index (χ0n) is 16.4. The number of ether oxygens (including phenoxy) is 2. The number of hydrogen-bond donors (Lipinski definition) is 1. The van der Waals surface area contributed by atoms with Gasteiger partial charge in [0.25, 0.3) is 5.91 Å². The smallest absolute Gasteiger partial charge is 0.260 e. The molecule has 1 amide bonds. The van der Waals surface area contributed by atoms with Crippen molar-refractivity contribution in [3.63, 3.8) is 0 Å². The molecule has 0 saturated carbocycles. The van der Waals surface area contributed by atoms with Crippen LogP contribution in [0, 0.1) is 0 Å². The van der Waals surface area contributed by atoms with E-state index in [2.05, 4.69) is 22.3 Å². The average Bonchev–Trinajstić information content (AvgIpc) is 3.24. The minimum atomic E-state index is -0.630. The Morgan fingerprint density at radius 2 is 1.82 bits per heavy atom. The Labute approximate surface area is 171 Å². The number of methoxy groups -OCH3 is 1. The zero-order valence-corrected chi connectivity index (χ0v) is 17.1. The highest BCUT2D eigenvalue weighted by Crippen LogP contribution is 2.27. The van der Waals surface area contributed by atoms with Crippen LogP contribution in [0.5, 0.6) is 11.5 Å². The molecule has 1 saturated heterocycles. The molecule has 0 aromatic heterocycles. The summed E-state index contributed by atoms with van der Waals surface area (Å²) in [5.41, 5.74) is 1.17. The van der Waals surface area contributed by atoms with Crippen molar-refractivity contribution >= 4 is 17.5 Å². The van der Waals surface area contributed by atoms with Gasteiger partial charge < -0.3 is 14.8 Å². The third-order valence-electron chi connectivity index (χ3n) is 5.06. The molecule has 150 valence electrons. The lowest BCUT2D eigenvalue weighted by Gasteiger charge is -2.29. The van der Waals surface area contributed by atoms with Crippen LogP contribution < -0.4 is 14.8 Å². The zero-order chi connectivity index (χ0) is 19.9. The van der Waals surface area contributed by atoms with E-state index in [0.29, 0.717) is 17.3 Å². The highest BCUT2D eigenvalue weighted by Gasteiger charge is 2.25. The van der Waals surface area contributed by atoms with E-state index in [1.807, 2.05) is 24.3 Å². The summed E-state index contributed by atoms with van der Waals surface area (Å²) in [5.74, 6) is 1.19. The fourth-order valence-electron chi connectivity index (χ4n) is 3.46. The number of carbonyl (C=O) groups excluding carboxylic acids is 1. The molecule has 6 heteroatoms. The molecule has 0 bridgehead atoms. The molecule has 28 heavy (non-hydrogen) atoms. The molecule has 3 rings (SSSR count). The minimum Gasteiger partial charge on any atom is -0.497 e. The first-order valence-electron chi connectivity index (χ1n) is 9.65. The highest BCUT2D eigenvalue weighted by atomic mass is 35.5. The number of nitrogens with zero attached hydrogens (tertiary/aromatic N) is 1. The number of nitrogens with one attached hydrogen (secondary N) is 1. The maximum absolute atomic E-state index is 12.6. The normalized spacial score (nSPS) is 16.4. The van der Waals surface area contributed by atoms with Gasteiger partial charge in [0, 0.05) is 6.54 Å². The molecule has 0 spiro atoms. The van der Waals surface area contributed by atoms with Crippen molar-refractivity contribution in [2.75, 3.05) is 26.7 Å². The van der Waals surface area contributed by atoms with E-state index in [1.54, 1.807) is 26.2 Å². The number of carbonyl (C=O) groups is 1. The van der Waals surface area contributed by atoms with Crippen molar-refractivity contribution in [2.45, 2.75) is 31.9 Å². The summed E-state index contributed by atoms with van der Waals surface area (Å²) < 4.78 is 11.0. The van der Waals surface area contributed by atoms with Gasteiger partial charge in [-0.1, -0.05) is 35.9 Å². The van der Waals surface area contributed by atoms with Gasteiger partial charge in [0.2, 0.25) is 0 Å². The molecule has 0 aliphatic carbocycles. The Bertz CT molecular complexity index is 776. The van der Waals surface area contributed by atoms with Crippen molar-refractivity contribution in [1.82, 2.24) is 10.2 Å². The summed E-state index contributed by atoms with van der Waals surface area (Å²) in [6.07, 6.45) is 1.74. The fourth-order valence-corrected chi connectivity index (χ4v) is 3.64. The number of likely N-dealkylation sites (tertiary alicyclic amines) is 1. The summed E-state index contributed by atoms with van der Waals surface area (Å²) in [6.45, 7) is 4.34. The van der Waals surface area contributed by atoms with Crippen LogP contribution >= 0.6 is 11.6 Å². The molecule has 5 nitrogen and oxygen atoms in total. The molecule has 1 N–H and O–H groups in total. The predicted octanol–water partition coefficient (Wildman–Crippen LogP) is 4.07. The Hall–Kier alpha value is -2.24. The maximum Gasteiger partial charge on any atom is 0.260 e. The molecule has 2 atom stereocenters. The van der Waals surface area contributed by atoms with Crippen molar-refractivity contribution in [1.29, 1.82) is 0 Å². The molecule has 1 aliphatic heterocycles. The SMILES string of the molecule is COc1ccc([C@@H](CNC(=O)[C@H](C)Oc2ccccc2Cl)N2CCCC2)cc1. The molecule has 2 aromatic rings.